The fourth-order valence-electron chi connectivity index (χ4n) is 3.72. The molecule has 5 rings (SSSR count). The second kappa shape index (κ2) is 9.86. The Hall–Kier alpha value is -2.32. The molecule has 0 bridgehead atoms. The maximum atomic E-state index is 13.9. The van der Waals surface area contributed by atoms with Gasteiger partial charge in [-0.1, -0.05) is 6.07 Å². The summed E-state index contributed by atoms with van der Waals surface area (Å²) in [5.41, 5.74) is 3.86. The van der Waals surface area contributed by atoms with E-state index in [-0.39, 0.29) is 10.9 Å². The van der Waals surface area contributed by atoms with Crippen LogP contribution in [-0.2, 0) is 3.54 Å². The van der Waals surface area contributed by atoms with E-state index in [1.165, 1.54) is 9.36 Å². The van der Waals surface area contributed by atoms with Crippen molar-refractivity contribution < 1.29 is 0 Å². The molecule has 1 unspecified atom stereocenters. The third kappa shape index (κ3) is 4.94. The van der Waals surface area contributed by atoms with Gasteiger partial charge in [0, 0.05) is 34.8 Å². The largest absolute Gasteiger partial charge is 0.358 e. The molecule has 4 aromatic heterocycles. The summed E-state index contributed by atoms with van der Waals surface area (Å²) >= 11 is 21.7. The lowest BCUT2D eigenvalue weighted by Gasteiger charge is -2.14. The predicted octanol–water partition coefficient (Wildman–Crippen LogP) is 4.46. The summed E-state index contributed by atoms with van der Waals surface area (Å²) in [5, 5.41) is 12.8. The van der Waals surface area contributed by atoms with E-state index in [0.717, 1.165) is 11.1 Å². The number of nitrogens with one attached hydrogen (secondary N) is 1. The highest BCUT2D eigenvalue weighted by Gasteiger charge is 2.20. The second-order valence-electron chi connectivity index (χ2n) is 8.10. The van der Waals surface area contributed by atoms with Crippen LogP contribution in [0.4, 0.5) is 5.82 Å². The Bertz CT molecular complexity index is 1640. The molecule has 5 aromatic rings. The Morgan fingerprint density at radius 3 is 2.53 bits per heavy atom. The average molecular weight is 572 g/mol. The van der Waals surface area contributed by atoms with Gasteiger partial charge in [0.15, 0.2) is 3.54 Å². The normalized spacial score (nSPS) is 12.8. The number of hydrogen-bond donors (Lipinski definition) is 6. The molecule has 0 radical (unpaired) electrons. The van der Waals surface area contributed by atoms with Crippen LogP contribution in [0.3, 0.4) is 0 Å². The minimum Gasteiger partial charge on any atom is -0.358 e. The molecule has 0 aliphatic rings. The Balaban J connectivity index is 1.73. The van der Waals surface area contributed by atoms with E-state index in [0.29, 0.717) is 44.9 Å². The number of nitrogens with zero attached hydrogens (tertiary/aromatic N) is 6. The molecule has 0 saturated heterocycles. The van der Waals surface area contributed by atoms with Gasteiger partial charge in [0.05, 0.1) is 22.1 Å². The Morgan fingerprint density at radius 1 is 1.06 bits per heavy atom. The van der Waals surface area contributed by atoms with Crippen molar-refractivity contribution in [2.45, 2.75) is 15.8 Å². The van der Waals surface area contributed by atoms with Crippen molar-refractivity contribution in [2.75, 3.05) is 11.1 Å². The molecule has 0 aliphatic carbocycles. The van der Waals surface area contributed by atoms with Crippen LogP contribution in [0.1, 0.15) is 5.69 Å². The van der Waals surface area contributed by atoms with Crippen LogP contribution in [0, 0.1) is 6.92 Å². The zero-order valence-corrected chi connectivity index (χ0v) is 23.3. The first-order valence-corrected chi connectivity index (χ1v) is 13.2. The number of hydrogen-bond acceptors (Lipinski definition) is 11. The van der Waals surface area contributed by atoms with E-state index in [1.54, 1.807) is 24.5 Å². The molecular weight excluding hydrogens is 551 g/mol. The maximum absolute atomic E-state index is 13.9. The van der Waals surface area contributed by atoms with Gasteiger partial charge in [-0.05, 0) is 43.3 Å². The van der Waals surface area contributed by atoms with Crippen molar-refractivity contribution in [3.8, 4) is 16.8 Å². The minimum absolute atomic E-state index is 0.200. The zero-order chi connectivity index (χ0) is 25.6. The molecular formula is C23H21N7OS5. The zero-order valence-electron chi connectivity index (χ0n) is 18.8. The number of thiol groups is 5. The van der Waals surface area contributed by atoms with Crippen LogP contribution in [0.2, 0.25) is 0 Å². The molecule has 4 heterocycles. The van der Waals surface area contributed by atoms with Crippen LogP contribution in [-0.4, -0.2) is 40.7 Å². The number of aromatic nitrogens is 6. The van der Waals surface area contributed by atoms with Gasteiger partial charge in [-0.3, -0.25) is 9.78 Å². The van der Waals surface area contributed by atoms with Gasteiger partial charge in [-0.25, -0.2) is 9.67 Å². The van der Waals surface area contributed by atoms with Crippen LogP contribution in [0.25, 0.3) is 38.8 Å². The molecule has 36 heavy (non-hydrogen) atoms. The van der Waals surface area contributed by atoms with Crippen LogP contribution < -0.4 is 10.9 Å². The molecule has 184 valence electrons. The highest BCUT2D eigenvalue weighted by molar-refractivity contribution is 8.15. The molecule has 13 heteroatoms. The van der Waals surface area contributed by atoms with E-state index in [4.69, 9.17) is 4.98 Å². The monoisotopic (exact) mass is 571 g/mol. The third-order valence-electron chi connectivity index (χ3n) is 5.45. The Labute approximate surface area is 234 Å². The van der Waals surface area contributed by atoms with Gasteiger partial charge < -0.3 is 5.32 Å². The molecule has 0 amide bonds. The molecule has 8 nitrogen and oxygen atoms in total. The number of pyridine rings is 2. The average Bonchev–Trinajstić information content (AvgIpc) is 3.29. The summed E-state index contributed by atoms with van der Waals surface area (Å²) in [7, 11) is 0. The van der Waals surface area contributed by atoms with Crippen molar-refractivity contribution in [1.82, 2.24) is 29.5 Å². The number of aryl methyl sites for hydroxylation is 1. The van der Waals surface area contributed by atoms with Gasteiger partial charge in [-0.15, -0.1) is 37.9 Å². The fraction of sp³-hybridized carbons (Fsp3) is 0.174. The van der Waals surface area contributed by atoms with Crippen molar-refractivity contribution >= 4 is 90.9 Å². The summed E-state index contributed by atoms with van der Waals surface area (Å²) in [6.45, 7) is 1.89. The third-order valence-corrected chi connectivity index (χ3v) is 7.03. The first-order valence-electron chi connectivity index (χ1n) is 10.7. The summed E-state index contributed by atoms with van der Waals surface area (Å²) < 4.78 is 1.82. The molecule has 0 saturated carbocycles. The molecule has 1 atom stereocenters. The van der Waals surface area contributed by atoms with Crippen LogP contribution in [0.5, 0.6) is 0 Å². The van der Waals surface area contributed by atoms with Crippen molar-refractivity contribution in [1.29, 1.82) is 0 Å². The smallest absolute Gasteiger partial charge is 0.281 e. The number of benzene rings is 1. The van der Waals surface area contributed by atoms with E-state index in [9.17, 15) is 4.79 Å². The molecule has 1 aromatic carbocycles. The topological polar surface area (TPSA) is 90.5 Å². The van der Waals surface area contributed by atoms with Gasteiger partial charge >= 0.3 is 0 Å². The van der Waals surface area contributed by atoms with Crippen molar-refractivity contribution in [2.24, 2.45) is 0 Å². The minimum atomic E-state index is -1.07. The van der Waals surface area contributed by atoms with Gasteiger partial charge in [0.1, 0.15) is 16.9 Å². The maximum Gasteiger partial charge on any atom is 0.281 e. The molecule has 1 N–H and O–H groups in total. The van der Waals surface area contributed by atoms with Crippen LogP contribution in [0.15, 0.2) is 59.7 Å². The van der Waals surface area contributed by atoms with E-state index in [1.807, 2.05) is 37.3 Å². The molecule has 0 spiro atoms. The number of fused-ring (bicyclic) bond motifs is 2. The van der Waals surface area contributed by atoms with Crippen molar-refractivity contribution in [3.05, 3.63) is 70.9 Å². The lowest BCUT2D eigenvalue weighted by atomic mass is 10.1. The summed E-state index contributed by atoms with van der Waals surface area (Å²) in [6, 6.07) is 12.8. The SMILES string of the molecule is Cc1ccc(-c2c(=O)n(-c3ccc4nn(C(S)(S)S)cc4c3)nc3ccc(NC(S)CS)nc23)cn1. The first-order chi connectivity index (χ1) is 17.1. The van der Waals surface area contributed by atoms with Gasteiger partial charge in [0.2, 0.25) is 0 Å². The van der Waals surface area contributed by atoms with Crippen molar-refractivity contribution in [3.63, 3.8) is 0 Å². The van der Waals surface area contributed by atoms with Gasteiger partial charge in [0.25, 0.3) is 5.56 Å². The lowest BCUT2D eigenvalue weighted by molar-refractivity contribution is 0.720. The first kappa shape index (κ1) is 25.3. The Morgan fingerprint density at radius 2 is 1.83 bits per heavy atom. The number of anilines is 1. The van der Waals surface area contributed by atoms with E-state index < -0.39 is 3.54 Å². The summed E-state index contributed by atoms with van der Waals surface area (Å²) in [6.07, 6.45) is 3.43. The van der Waals surface area contributed by atoms with Crippen LogP contribution >= 0.6 is 63.1 Å². The molecule has 0 aliphatic heterocycles. The molecule has 0 fully saturated rings. The highest BCUT2D eigenvalue weighted by Crippen LogP contribution is 2.32. The standard InChI is InChI=1S/C23H21N7OS5/c1-12-2-3-13(9-24-12)20-21-17(6-7-18(26-21)25-19(33)11-32)28-30(22(20)31)15-4-5-16-14(8-15)10-29(27-16)23(34,35)36/h2-10,19,32-36H,11H2,1H3,(H,25,26). The van der Waals surface area contributed by atoms with Gasteiger partial charge in [-0.2, -0.15) is 40.1 Å². The summed E-state index contributed by atoms with van der Waals surface area (Å²) in [5.74, 6) is 1.07. The lowest BCUT2D eigenvalue weighted by Crippen LogP contribution is -2.24. The summed E-state index contributed by atoms with van der Waals surface area (Å²) in [4.78, 5) is 23.0. The highest BCUT2D eigenvalue weighted by atomic mass is 32.2. The fourth-order valence-corrected chi connectivity index (χ4v) is 4.25. The quantitative estimate of drug-likeness (QED) is 0.133. The predicted molar refractivity (Wildman–Crippen MR) is 162 cm³/mol. The number of rotatable bonds is 6. The van der Waals surface area contributed by atoms with E-state index >= 15 is 0 Å². The second-order valence-corrected chi connectivity index (χ2v) is 12.1. The van der Waals surface area contributed by atoms with E-state index in [2.05, 4.69) is 83.6 Å². The Kier molecular flexibility index (Phi) is 6.94.